The van der Waals surface area contributed by atoms with E-state index in [0.717, 1.165) is 0 Å². The van der Waals surface area contributed by atoms with Crippen LogP contribution >= 0.6 is 11.6 Å². The molecule has 1 unspecified atom stereocenters. The standard InChI is InChI=1S/C15H18ClN3O2S/c1-9(19-22(20)15(2,3)4)13-14(21-5)18-11-7-6-10(16)8-12(11)17-13/h6-8H,1-5H3. The number of aromatic nitrogens is 2. The van der Waals surface area contributed by atoms with Crippen LogP contribution in [0.5, 0.6) is 5.88 Å². The molecule has 1 aromatic carbocycles. The van der Waals surface area contributed by atoms with Gasteiger partial charge in [-0.25, -0.2) is 9.97 Å². The van der Waals surface area contributed by atoms with Gasteiger partial charge in [-0.05, 0) is 45.9 Å². The molecule has 0 aliphatic carbocycles. The van der Waals surface area contributed by atoms with Crippen molar-refractivity contribution in [2.24, 2.45) is 4.40 Å². The summed E-state index contributed by atoms with van der Waals surface area (Å²) in [5, 5.41) is 0.575. The summed E-state index contributed by atoms with van der Waals surface area (Å²) in [6.07, 6.45) is 0. The van der Waals surface area contributed by atoms with Crippen molar-refractivity contribution in [1.29, 1.82) is 0 Å². The number of benzene rings is 1. The van der Waals surface area contributed by atoms with Crippen molar-refractivity contribution in [3.63, 3.8) is 0 Å². The van der Waals surface area contributed by atoms with Crippen molar-refractivity contribution < 1.29 is 9.29 Å². The Morgan fingerprint density at radius 1 is 1.27 bits per heavy atom. The van der Waals surface area contributed by atoms with Crippen molar-refractivity contribution in [2.45, 2.75) is 32.4 Å². The van der Waals surface area contributed by atoms with E-state index < -0.39 is 16.1 Å². The first-order valence-electron chi connectivity index (χ1n) is 6.71. The molecule has 0 aliphatic rings. The maximum absolute atomic E-state index is 12.2. The molecule has 22 heavy (non-hydrogen) atoms. The lowest BCUT2D eigenvalue weighted by Gasteiger charge is -2.18. The Labute approximate surface area is 138 Å². The van der Waals surface area contributed by atoms with Crippen LogP contribution in [-0.2, 0) is 11.4 Å². The lowest BCUT2D eigenvalue weighted by atomic mass is 10.2. The van der Waals surface area contributed by atoms with E-state index in [2.05, 4.69) is 14.4 Å². The fraction of sp³-hybridized carbons (Fsp3) is 0.400. The van der Waals surface area contributed by atoms with Crippen LogP contribution in [0.3, 0.4) is 0 Å². The maximum atomic E-state index is 12.2. The largest absolute Gasteiger partial charge is 0.591 e. The molecule has 0 fully saturated rings. The summed E-state index contributed by atoms with van der Waals surface area (Å²) in [5.74, 6) is 0.349. The van der Waals surface area contributed by atoms with Gasteiger partial charge < -0.3 is 9.29 Å². The zero-order chi connectivity index (χ0) is 16.5. The van der Waals surface area contributed by atoms with Crippen molar-refractivity contribution >= 4 is 39.7 Å². The maximum Gasteiger partial charge on any atom is 0.242 e. The number of fused-ring (bicyclic) bond motifs is 1. The molecule has 2 rings (SSSR count). The fourth-order valence-corrected chi connectivity index (χ4v) is 2.47. The highest BCUT2D eigenvalue weighted by Gasteiger charge is 2.27. The molecule has 0 spiro atoms. The highest BCUT2D eigenvalue weighted by Crippen LogP contribution is 2.24. The minimum atomic E-state index is -1.38. The van der Waals surface area contributed by atoms with Gasteiger partial charge in [-0.3, -0.25) is 0 Å². The first-order chi connectivity index (χ1) is 10.2. The topological polar surface area (TPSA) is 70.4 Å². The SMILES string of the molecule is COc1nc2ccc(Cl)cc2nc1C(C)=N[S+]([O-])C(C)(C)C. The van der Waals surface area contributed by atoms with Gasteiger partial charge in [-0.15, -0.1) is 0 Å². The number of hydrogen-bond donors (Lipinski definition) is 0. The Bertz CT molecular complexity index is 729. The molecule has 0 N–H and O–H groups in total. The zero-order valence-corrected chi connectivity index (χ0v) is 14.7. The van der Waals surface area contributed by atoms with Crippen LogP contribution in [0.15, 0.2) is 22.6 Å². The molecule has 5 nitrogen and oxygen atoms in total. The number of methoxy groups -OCH3 is 1. The Morgan fingerprint density at radius 2 is 1.95 bits per heavy atom. The van der Waals surface area contributed by atoms with Crippen LogP contribution in [-0.4, -0.2) is 32.1 Å². The molecule has 118 valence electrons. The Kier molecular flexibility index (Phi) is 4.94. The van der Waals surface area contributed by atoms with Gasteiger partial charge in [0.1, 0.15) is 21.8 Å². The molecular formula is C15H18ClN3O2S. The number of halogens is 1. The molecule has 0 amide bonds. The molecular weight excluding hydrogens is 322 g/mol. The first-order valence-corrected chi connectivity index (χ1v) is 8.20. The van der Waals surface area contributed by atoms with Gasteiger partial charge in [0.2, 0.25) is 5.88 Å². The Balaban J connectivity index is 2.55. The van der Waals surface area contributed by atoms with Crippen LogP contribution in [0.2, 0.25) is 5.02 Å². The summed E-state index contributed by atoms with van der Waals surface area (Å²) in [5.41, 5.74) is 2.29. The number of nitrogens with zero attached hydrogens (tertiary/aromatic N) is 3. The monoisotopic (exact) mass is 339 g/mol. The lowest BCUT2D eigenvalue weighted by molar-refractivity contribution is 0.396. The van der Waals surface area contributed by atoms with Crippen LogP contribution in [0, 0.1) is 0 Å². The molecule has 0 saturated heterocycles. The molecule has 1 heterocycles. The number of ether oxygens (including phenoxy) is 1. The van der Waals surface area contributed by atoms with Crippen LogP contribution in [0.1, 0.15) is 33.4 Å². The van der Waals surface area contributed by atoms with Gasteiger partial charge in [0.25, 0.3) is 0 Å². The lowest BCUT2D eigenvalue weighted by Crippen LogP contribution is -2.27. The van der Waals surface area contributed by atoms with Crippen molar-refractivity contribution in [2.75, 3.05) is 7.11 Å². The van der Waals surface area contributed by atoms with Gasteiger partial charge in [0.15, 0.2) is 5.69 Å². The predicted octanol–water partition coefficient (Wildman–Crippen LogP) is 3.56. The molecule has 0 radical (unpaired) electrons. The minimum Gasteiger partial charge on any atom is -0.591 e. The Morgan fingerprint density at radius 3 is 2.55 bits per heavy atom. The summed E-state index contributed by atoms with van der Waals surface area (Å²) < 4.78 is 21.3. The van der Waals surface area contributed by atoms with E-state index in [9.17, 15) is 4.55 Å². The normalized spacial score (nSPS) is 14.2. The molecule has 7 heteroatoms. The van der Waals surface area contributed by atoms with E-state index in [0.29, 0.717) is 33.3 Å². The van der Waals surface area contributed by atoms with Crippen LogP contribution in [0.4, 0.5) is 0 Å². The third-order valence-corrected chi connectivity index (χ3v) is 4.60. The average molecular weight is 340 g/mol. The van der Waals surface area contributed by atoms with Gasteiger partial charge >= 0.3 is 0 Å². The van der Waals surface area contributed by atoms with Gasteiger partial charge in [-0.2, -0.15) is 0 Å². The third kappa shape index (κ3) is 3.69. The first kappa shape index (κ1) is 17.0. The highest BCUT2D eigenvalue weighted by atomic mass is 35.5. The van der Waals surface area contributed by atoms with E-state index in [1.54, 1.807) is 25.1 Å². The van der Waals surface area contributed by atoms with E-state index in [4.69, 9.17) is 16.3 Å². The second-order valence-corrected chi connectivity index (χ2v) is 8.09. The summed E-state index contributed by atoms with van der Waals surface area (Å²) in [6.45, 7) is 7.33. The summed E-state index contributed by atoms with van der Waals surface area (Å²) >= 11 is 4.61. The molecule has 2 aromatic rings. The summed E-state index contributed by atoms with van der Waals surface area (Å²) in [6, 6.07) is 5.24. The predicted molar refractivity (Wildman–Crippen MR) is 91.2 cm³/mol. The summed E-state index contributed by atoms with van der Waals surface area (Å²) in [4.78, 5) is 8.91. The molecule has 0 aliphatic heterocycles. The van der Waals surface area contributed by atoms with Crippen molar-refractivity contribution in [1.82, 2.24) is 9.97 Å². The van der Waals surface area contributed by atoms with E-state index in [-0.39, 0.29) is 0 Å². The minimum absolute atomic E-state index is 0.349. The Hall–Kier alpha value is -1.37. The van der Waals surface area contributed by atoms with Crippen molar-refractivity contribution in [3.8, 4) is 5.88 Å². The molecule has 0 bridgehead atoms. The smallest absolute Gasteiger partial charge is 0.242 e. The quantitative estimate of drug-likeness (QED) is 0.633. The van der Waals surface area contributed by atoms with E-state index in [1.165, 1.54) is 7.11 Å². The van der Waals surface area contributed by atoms with Crippen LogP contribution < -0.4 is 4.74 Å². The van der Waals surface area contributed by atoms with Crippen molar-refractivity contribution in [3.05, 3.63) is 28.9 Å². The fourth-order valence-electron chi connectivity index (χ4n) is 1.69. The molecule has 1 atom stereocenters. The van der Waals surface area contributed by atoms with Gasteiger partial charge in [-0.1, -0.05) is 16.0 Å². The second kappa shape index (κ2) is 6.40. The third-order valence-electron chi connectivity index (χ3n) is 2.87. The van der Waals surface area contributed by atoms with Crippen LogP contribution in [0.25, 0.3) is 11.0 Å². The number of hydrogen-bond acceptors (Lipinski definition) is 5. The number of rotatable bonds is 3. The molecule has 0 saturated carbocycles. The van der Waals surface area contributed by atoms with E-state index >= 15 is 0 Å². The van der Waals surface area contributed by atoms with Gasteiger partial charge in [0, 0.05) is 5.02 Å². The highest BCUT2D eigenvalue weighted by molar-refractivity contribution is 7.91. The van der Waals surface area contributed by atoms with E-state index in [1.807, 2.05) is 20.8 Å². The second-order valence-electron chi connectivity index (χ2n) is 5.75. The molecule has 1 aromatic heterocycles. The summed E-state index contributed by atoms with van der Waals surface area (Å²) in [7, 11) is 1.52. The van der Waals surface area contributed by atoms with Gasteiger partial charge in [0.05, 0.1) is 18.1 Å². The zero-order valence-electron chi connectivity index (χ0n) is 13.2. The average Bonchev–Trinajstić information content (AvgIpc) is 2.44.